The van der Waals surface area contributed by atoms with Gasteiger partial charge in [-0.25, -0.2) is 4.98 Å². The molecule has 1 aromatic heterocycles. The van der Waals surface area contributed by atoms with Crippen LogP contribution in [0.25, 0.3) is 0 Å². The van der Waals surface area contributed by atoms with Crippen molar-refractivity contribution in [3.63, 3.8) is 0 Å². The van der Waals surface area contributed by atoms with Crippen LogP contribution in [0.4, 0.5) is 0 Å². The molecule has 0 unspecified atom stereocenters. The van der Waals surface area contributed by atoms with Gasteiger partial charge in [0.25, 0.3) is 0 Å². The number of nitrogens with zero attached hydrogens (tertiary/aromatic N) is 3. The third kappa shape index (κ3) is 3.58. The van der Waals surface area contributed by atoms with E-state index in [9.17, 15) is 5.11 Å². The minimum atomic E-state index is -0.462. The molecule has 0 aromatic carbocycles. The molecule has 2 heterocycles. The molecule has 1 fully saturated rings. The molecule has 0 aliphatic carbocycles. The first kappa shape index (κ1) is 15.4. The quantitative estimate of drug-likeness (QED) is 0.736. The number of hydrogen-bond acceptors (Lipinski definition) is 5. The van der Waals surface area contributed by atoms with Gasteiger partial charge in [0.2, 0.25) is 0 Å². The van der Waals surface area contributed by atoms with Crippen LogP contribution in [0.5, 0.6) is 0 Å². The Hall–Kier alpha value is -0.950. The molecule has 1 aliphatic rings. The average molecular weight is 282 g/mol. The van der Waals surface area contributed by atoms with Crippen LogP contribution in [0.2, 0.25) is 0 Å². The van der Waals surface area contributed by atoms with Crippen molar-refractivity contribution < 1.29 is 9.84 Å². The highest BCUT2D eigenvalue weighted by molar-refractivity contribution is 4.94. The Labute approximate surface area is 120 Å². The lowest BCUT2D eigenvalue weighted by Crippen LogP contribution is -2.44. The highest BCUT2D eigenvalue weighted by Crippen LogP contribution is 2.16. The first-order valence-electron chi connectivity index (χ1n) is 7.37. The van der Waals surface area contributed by atoms with Crippen LogP contribution >= 0.6 is 0 Å². The van der Waals surface area contributed by atoms with Crippen molar-refractivity contribution in [3.05, 3.63) is 18.2 Å². The number of rotatable bonds is 7. The summed E-state index contributed by atoms with van der Waals surface area (Å²) >= 11 is 0. The number of aromatic nitrogens is 2. The maximum absolute atomic E-state index is 10.3. The summed E-state index contributed by atoms with van der Waals surface area (Å²) in [4.78, 5) is 6.54. The van der Waals surface area contributed by atoms with E-state index in [-0.39, 0.29) is 12.1 Å². The Morgan fingerprint density at radius 2 is 2.25 bits per heavy atom. The SMILES string of the molecule is CCN(CC)C[C@@H]1OC[C@H](NCc2nccn2C)[C@H]1O. The van der Waals surface area contributed by atoms with Gasteiger partial charge >= 0.3 is 0 Å². The van der Waals surface area contributed by atoms with Crippen molar-refractivity contribution in [2.45, 2.75) is 38.6 Å². The zero-order chi connectivity index (χ0) is 14.5. The molecule has 0 saturated carbocycles. The van der Waals surface area contributed by atoms with E-state index in [4.69, 9.17) is 4.74 Å². The monoisotopic (exact) mass is 282 g/mol. The van der Waals surface area contributed by atoms with Crippen LogP contribution in [0.15, 0.2) is 12.4 Å². The van der Waals surface area contributed by atoms with Crippen molar-refractivity contribution in [2.24, 2.45) is 7.05 Å². The minimum absolute atomic E-state index is 0.0211. The Bertz CT molecular complexity index is 406. The third-order valence-electron chi connectivity index (χ3n) is 4.06. The number of nitrogens with one attached hydrogen (secondary N) is 1. The molecule has 2 N–H and O–H groups in total. The smallest absolute Gasteiger partial charge is 0.122 e. The number of aryl methyl sites for hydroxylation is 1. The molecule has 3 atom stereocenters. The summed E-state index contributed by atoms with van der Waals surface area (Å²) in [5, 5.41) is 13.7. The first-order valence-corrected chi connectivity index (χ1v) is 7.37. The third-order valence-corrected chi connectivity index (χ3v) is 4.06. The molecular formula is C14H26N4O2. The zero-order valence-corrected chi connectivity index (χ0v) is 12.6. The van der Waals surface area contributed by atoms with E-state index in [0.717, 1.165) is 25.5 Å². The lowest BCUT2D eigenvalue weighted by Gasteiger charge is -2.24. The van der Waals surface area contributed by atoms with E-state index in [1.807, 2.05) is 17.8 Å². The standard InChI is InChI=1S/C14H26N4O2/c1-4-18(5-2)9-12-14(19)11(10-20-12)16-8-13-15-6-7-17(13)3/h6-7,11-12,14,16,19H,4-5,8-10H2,1-3H3/t11-,12-,14+/m0/s1. The maximum atomic E-state index is 10.3. The highest BCUT2D eigenvalue weighted by Gasteiger charge is 2.36. The molecular weight excluding hydrogens is 256 g/mol. The van der Waals surface area contributed by atoms with Gasteiger partial charge < -0.3 is 24.6 Å². The Kier molecular flexibility index (Phi) is 5.54. The summed E-state index contributed by atoms with van der Waals surface area (Å²) in [6, 6.07) is -0.0211. The van der Waals surface area contributed by atoms with E-state index in [1.165, 1.54) is 0 Å². The fourth-order valence-corrected chi connectivity index (χ4v) is 2.55. The topological polar surface area (TPSA) is 62.5 Å². The fourth-order valence-electron chi connectivity index (χ4n) is 2.55. The molecule has 1 saturated heterocycles. The second-order valence-corrected chi connectivity index (χ2v) is 5.29. The Morgan fingerprint density at radius 3 is 2.85 bits per heavy atom. The van der Waals surface area contributed by atoms with Gasteiger partial charge in [0.1, 0.15) is 5.82 Å². The number of imidazole rings is 1. The number of likely N-dealkylation sites (N-methyl/N-ethyl adjacent to an activating group) is 1. The highest BCUT2D eigenvalue weighted by atomic mass is 16.5. The van der Waals surface area contributed by atoms with Gasteiger partial charge in [0.15, 0.2) is 0 Å². The molecule has 2 rings (SSSR count). The molecule has 6 heteroatoms. The summed E-state index contributed by atoms with van der Waals surface area (Å²) in [6.07, 6.45) is 3.13. The van der Waals surface area contributed by atoms with Crippen LogP contribution in [0.3, 0.4) is 0 Å². The van der Waals surface area contributed by atoms with E-state index < -0.39 is 6.10 Å². The maximum Gasteiger partial charge on any atom is 0.122 e. The molecule has 0 radical (unpaired) electrons. The summed E-state index contributed by atoms with van der Waals surface area (Å²) in [5.74, 6) is 0.962. The van der Waals surface area contributed by atoms with Crippen molar-refractivity contribution in [2.75, 3.05) is 26.2 Å². The van der Waals surface area contributed by atoms with Crippen molar-refractivity contribution in [1.29, 1.82) is 0 Å². The zero-order valence-electron chi connectivity index (χ0n) is 12.6. The lowest BCUT2D eigenvalue weighted by atomic mass is 10.1. The van der Waals surface area contributed by atoms with Crippen LogP contribution < -0.4 is 5.32 Å². The van der Waals surface area contributed by atoms with Crippen LogP contribution in [-0.4, -0.2) is 64.0 Å². The van der Waals surface area contributed by atoms with E-state index in [2.05, 4.69) is 29.0 Å². The molecule has 20 heavy (non-hydrogen) atoms. The van der Waals surface area contributed by atoms with E-state index in [0.29, 0.717) is 13.2 Å². The van der Waals surface area contributed by atoms with E-state index in [1.54, 1.807) is 6.20 Å². The Balaban J connectivity index is 1.81. The largest absolute Gasteiger partial charge is 0.389 e. The molecule has 1 aromatic rings. The van der Waals surface area contributed by atoms with Crippen LogP contribution in [0, 0.1) is 0 Å². The molecule has 0 bridgehead atoms. The number of hydrogen-bond donors (Lipinski definition) is 2. The molecule has 1 aliphatic heterocycles. The van der Waals surface area contributed by atoms with Gasteiger partial charge in [-0.05, 0) is 13.1 Å². The van der Waals surface area contributed by atoms with Gasteiger partial charge in [0.05, 0.1) is 31.4 Å². The minimum Gasteiger partial charge on any atom is -0.389 e. The second-order valence-electron chi connectivity index (χ2n) is 5.29. The summed E-state index contributed by atoms with van der Waals surface area (Å²) in [5.41, 5.74) is 0. The number of ether oxygens (including phenoxy) is 1. The van der Waals surface area contributed by atoms with Gasteiger partial charge in [0, 0.05) is 26.0 Å². The van der Waals surface area contributed by atoms with Crippen molar-refractivity contribution in [1.82, 2.24) is 19.8 Å². The predicted molar refractivity (Wildman–Crippen MR) is 77.4 cm³/mol. The second kappa shape index (κ2) is 7.17. The molecule has 6 nitrogen and oxygen atoms in total. The Morgan fingerprint density at radius 1 is 1.50 bits per heavy atom. The van der Waals surface area contributed by atoms with Crippen LogP contribution in [-0.2, 0) is 18.3 Å². The van der Waals surface area contributed by atoms with Crippen molar-refractivity contribution >= 4 is 0 Å². The summed E-state index contributed by atoms with van der Waals surface area (Å²) < 4.78 is 7.71. The molecule has 114 valence electrons. The van der Waals surface area contributed by atoms with Gasteiger partial charge in [-0.15, -0.1) is 0 Å². The number of aliphatic hydroxyl groups is 1. The predicted octanol–water partition coefficient (Wildman–Crippen LogP) is -0.0202. The number of aliphatic hydroxyl groups excluding tert-OH is 1. The van der Waals surface area contributed by atoms with Gasteiger partial charge in [-0.1, -0.05) is 13.8 Å². The average Bonchev–Trinajstić information content (AvgIpc) is 3.01. The normalized spacial score (nSPS) is 26.6. The van der Waals surface area contributed by atoms with Gasteiger partial charge in [-0.2, -0.15) is 0 Å². The van der Waals surface area contributed by atoms with Crippen LogP contribution in [0.1, 0.15) is 19.7 Å². The summed E-state index contributed by atoms with van der Waals surface area (Å²) in [6.45, 7) is 8.20. The fraction of sp³-hybridized carbons (Fsp3) is 0.786. The lowest BCUT2D eigenvalue weighted by molar-refractivity contribution is 0.0170. The van der Waals surface area contributed by atoms with Crippen molar-refractivity contribution in [3.8, 4) is 0 Å². The first-order chi connectivity index (χ1) is 9.65. The molecule has 0 spiro atoms. The summed E-state index contributed by atoms with van der Waals surface area (Å²) in [7, 11) is 1.97. The van der Waals surface area contributed by atoms with E-state index >= 15 is 0 Å². The molecule has 0 amide bonds. The van der Waals surface area contributed by atoms with Gasteiger partial charge in [-0.3, -0.25) is 0 Å².